The maximum absolute atomic E-state index is 12.7. The standard InChI is InChI=1S/C25H29N5O/c26-19-23(25(31)30-13-11-27-12-14-30)20-28-15-17-29(18-16-28)24(21-7-3-1-4-8-21)22-9-5-2-6-10-22/h1-10,20,24,27H,11-18H2/b23-20-. The van der Waals surface area contributed by atoms with Gasteiger partial charge in [0.05, 0.1) is 6.04 Å². The van der Waals surface area contributed by atoms with E-state index in [-0.39, 0.29) is 17.5 Å². The highest BCUT2D eigenvalue weighted by Crippen LogP contribution is 2.29. The first-order chi connectivity index (χ1) is 15.3. The number of rotatable bonds is 5. The number of hydrogen-bond acceptors (Lipinski definition) is 5. The molecule has 31 heavy (non-hydrogen) atoms. The van der Waals surface area contributed by atoms with Crippen molar-refractivity contribution in [1.82, 2.24) is 20.0 Å². The molecule has 2 aromatic carbocycles. The molecule has 2 saturated heterocycles. The lowest BCUT2D eigenvalue weighted by Crippen LogP contribution is -2.48. The molecule has 0 atom stereocenters. The van der Waals surface area contributed by atoms with Crippen molar-refractivity contribution in [3.05, 3.63) is 83.6 Å². The molecule has 2 heterocycles. The summed E-state index contributed by atoms with van der Waals surface area (Å²) in [6.45, 7) is 6.18. The molecule has 2 fully saturated rings. The average molecular weight is 416 g/mol. The van der Waals surface area contributed by atoms with E-state index in [1.54, 1.807) is 11.1 Å². The molecule has 6 nitrogen and oxygen atoms in total. The Balaban J connectivity index is 1.45. The molecule has 1 amide bonds. The average Bonchev–Trinajstić information content (AvgIpc) is 2.85. The molecule has 2 aromatic rings. The minimum Gasteiger partial charge on any atom is -0.374 e. The molecule has 1 N–H and O–H groups in total. The summed E-state index contributed by atoms with van der Waals surface area (Å²) in [5.74, 6) is -0.155. The first kappa shape index (κ1) is 21.1. The highest BCUT2D eigenvalue weighted by molar-refractivity contribution is 5.97. The number of piperazine rings is 2. The van der Waals surface area contributed by atoms with Crippen LogP contribution in [0.3, 0.4) is 0 Å². The normalized spacial score (nSPS) is 18.1. The van der Waals surface area contributed by atoms with Gasteiger partial charge in [0.1, 0.15) is 11.6 Å². The molecule has 0 saturated carbocycles. The summed E-state index contributed by atoms with van der Waals surface area (Å²) in [4.78, 5) is 19.1. The van der Waals surface area contributed by atoms with E-state index in [1.165, 1.54) is 11.1 Å². The van der Waals surface area contributed by atoms with Crippen molar-refractivity contribution in [2.24, 2.45) is 0 Å². The van der Waals surface area contributed by atoms with Crippen LogP contribution in [0, 0.1) is 11.3 Å². The Labute approximate surface area is 184 Å². The molecule has 0 radical (unpaired) electrons. The Bertz CT molecular complexity index is 884. The van der Waals surface area contributed by atoms with Crippen molar-refractivity contribution < 1.29 is 4.79 Å². The summed E-state index contributed by atoms with van der Waals surface area (Å²) in [5.41, 5.74) is 2.80. The van der Waals surface area contributed by atoms with Gasteiger partial charge in [0.25, 0.3) is 5.91 Å². The third kappa shape index (κ3) is 5.13. The zero-order valence-electron chi connectivity index (χ0n) is 17.8. The number of nitrogens with one attached hydrogen (secondary N) is 1. The zero-order valence-corrected chi connectivity index (χ0v) is 17.8. The smallest absolute Gasteiger partial charge is 0.266 e. The Morgan fingerprint density at radius 3 is 1.94 bits per heavy atom. The van der Waals surface area contributed by atoms with Gasteiger partial charge in [-0.15, -0.1) is 0 Å². The second-order valence-electron chi connectivity index (χ2n) is 7.99. The van der Waals surface area contributed by atoms with Gasteiger partial charge in [-0.3, -0.25) is 9.69 Å². The summed E-state index contributed by atoms with van der Waals surface area (Å²) in [6, 6.07) is 23.5. The number of amides is 1. The Morgan fingerprint density at radius 1 is 0.871 bits per heavy atom. The van der Waals surface area contributed by atoms with Crippen LogP contribution in [0.2, 0.25) is 0 Å². The van der Waals surface area contributed by atoms with Crippen molar-refractivity contribution in [1.29, 1.82) is 5.26 Å². The van der Waals surface area contributed by atoms with Crippen molar-refractivity contribution in [3.8, 4) is 6.07 Å². The molecule has 2 aliphatic heterocycles. The lowest BCUT2D eigenvalue weighted by molar-refractivity contribution is -0.127. The van der Waals surface area contributed by atoms with Gasteiger partial charge in [-0.05, 0) is 11.1 Å². The highest BCUT2D eigenvalue weighted by Gasteiger charge is 2.27. The lowest BCUT2D eigenvalue weighted by atomic mass is 9.96. The second kappa shape index (κ2) is 10.3. The molecule has 4 rings (SSSR count). The van der Waals surface area contributed by atoms with E-state index >= 15 is 0 Å². The fourth-order valence-electron chi connectivity index (χ4n) is 4.36. The van der Waals surface area contributed by atoms with Crippen LogP contribution in [0.5, 0.6) is 0 Å². The minimum absolute atomic E-state index is 0.155. The molecule has 6 heteroatoms. The lowest BCUT2D eigenvalue weighted by Gasteiger charge is -2.39. The van der Waals surface area contributed by atoms with Crippen molar-refractivity contribution >= 4 is 5.91 Å². The largest absolute Gasteiger partial charge is 0.374 e. The van der Waals surface area contributed by atoms with Crippen LogP contribution in [0.1, 0.15) is 17.2 Å². The topological polar surface area (TPSA) is 62.6 Å². The van der Waals surface area contributed by atoms with Crippen molar-refractivity contribution in [3.63, 3.8) is 0 Å². The Hall–Kier alpha value is -3.14. The molecule has 160 valence electrons. The van der Waals surface area contributed by atoms with Crippen molar-refractivity contribution in [2.75, 3.05) is 52.4 Å². The number of benzene rings is 2. The van der Waals surface area contributed by atoms with Gasteiger partial charge in [-0.1, -0.05) is 60.7 Å². The quantitative estimate of drug-likeness (QED) is 0.599. The summed E-state index contributed by atoms with van der Waals surface area (Å²) in [7, 11) is 0. The SMILES string of the molecule is N#C/C(=C/N1CCN(C(c2ccccc2)c2ccccc2)CC1)C(=O)N1CCNCC1. The van der Waals surface area contributed by atoms with Gasteiger partial charge in [-0.25, -0.2) is 0 Å². The van der Waals surface area contributed by atoms with Crippen LogP contribution < -0.4 is 5.32 Å². The highest BCUT2D eigenvalue weighted by atomic mass is 16.2. The van der Waals surface area contributed by atoms with Gasteiger partial charge in [0.2, 0.25) is 0 Å². The van der Waals surface area contributed by atoms with E-state index < -0.39 is 0 Å². The number of carbonyl (C=O) groups is 1. The fourth-order valence-corrected chi connectivity index (χ4v) is 4.36. The van der Waals surface area contributed by atoms with Gasteiger partial charge in [0, 0.05) is 58.6 Å². The van der Waals surface area contributed by atoms with E-state index in [0.717, 1.165) is 39.3 Å². The number of hydrogen-bond donors (Lipinski definition) is 1. The summed E-state index contributed by atoms with van der Waals surface area (Å²) < 4.78 is 0. The third-order valence-corrected chi connectivity index (χ3v) is 6.01. The molecule has 0 spiro atoms. The van der Waals surface area contributed by atoms with Crippen molar-refractivity contribution in [2.45, 2.75) is 6.04 Å². The Kier molecular flexibility index (Phi) is 6.98. The van der Waals surface area contributed by atoms with E-state index in [1.807, 2.05) is 12.1 Å². The van der Waals surface area contributed by atoms with Gasteiger partial charge in [-0.2, -0.15) is 5.26 Å². The predicted molar refractivity (Wildman–Crippen MR) is 121 cm³/mol. The molecular weight excluding hydrogens is 386 g/mol. The third-order valence-electron chi connectivity index (χ3n) is 6.01. The van der Waals surface area contributed by atoms with Crippen LogP contribution in [0.4, 0.5) is 0 Å². The van der Waals surface area contributed by atoms with Crippen LogP contribution in [0.15, 0.2) is 72.4 Å². The molecular formula is C25H29N5O. The predicted octanol–water partition coefficient (Wildman–Crippen LogP) is 2.23. The second-order valence-corrected chi connectivity index (χ2v) is 7.99. The van der Waals surface area contributed by atoms with E-state index in [4.69, 9.17) is 0 Å². The van der Waals surface area contributed by atoms with Gasteiger partial charge < -0.3 is 15.1 Å². The van der Waals surface area contributed by atoms with E-state index in [9.17, 15) is 10.1 Å². The number of nitrogens with zero attached hydrogens (tertiary/aromatic N) is 4. The van der Waals surface area contributed by atoms with Gasteiger partial charge >= 0.3 is 0 Å². The van der Waals surface area contributed by atoms with Crippen LogP contribution in [0.25, 0.3) is 0 Å². The number of nitriles is 1. The minimum atomic E-state index is -0.155. The fraction of sp³-hybridized carbons (Fsp3) is 0.360. The van der Waals surface area contributed by atoms with E-state index in [0.29, 0.717) is 13.1 Å². The summed E-state index contributed by atoms with van der Waals surface area (Å²) >= 11 is 0. The van der Waals surface area contributed by atoms with Crippen LogP contribution >= 0.6 is 0 Å². The molecule has 0 aromatic heterocycles. The zero-order chi connectivity index (χ0) is 21.5. The summed E-state index contributed by atoms with van der Waals surface area (Å²) in [5, 5.41) is 12.8. The monoisotopic (exact) mass is 415 g/mol. The first-order valence-corrected chi connectivity index (χ1v) is 11.0. The van der Waals surface area contributed by atoms with Gasteiger partial charge in [0.15, 0.2) is 0 Å². The van der Waals surface area contributed by atoms with E-state index in [2.05, 4.69) is 69.7 Å². The molecule has 0 bridgehead atoms. The Morgan fingerprint density at radius 2 is 1.42 bits per heavy atom. The summed E-state index contributed by atoms with van der Waals surface area (Å²) in [6.07, 6.45) is 1.77. The molecule has 0 aliphatic carbocycles. The molecule has 0 unspecified atom stereocenters. The maximum atomic E-state index is 12.7. The molecule has 2 aliphatic rings. The number of carbonyl (C=O) groups excluding carboxylic acids is 1. The maximum Gasteiger partial charge on any atom is 0.266 e. The van der Waals surface area contributed by atoms with Crippen LogP contribution in [-0.2, 0) is 4.79 Å². The van der Waals surface area contributed by atoms with Crippen LogP contribution in [-0.4, -0.2) is 73.0 Å². The first-order valence-electron chi connectivity index (χ1n) is 11.0.